The van der Waals surface area contributed by atoms with Crippen LogP contribution in [0.5, 0.6) is 0 Å². The number of benzene rings is 1. The molecular formula is C14H15F2N3O2. The molecule has 1 fully saturated rings. The summed E-state index contributed by atoms with van der Waals surface area (Å²) >= 11 is 0. The third-order valence-corrected chi connectivity index (χ3v) is 3.48. The molecule has 7 heteroatoms. The molecule has 3 rings (SSSR count). The second-order valence-electron chi connectivity index (χ2n) is 4.98. The molecule has 2 atom stereocenters. The zero-order chi connectivity index (χ0) is 14.7. The van der Waals surface area contributed by atoms with Crippen molar-refractivity contribution in [3.8, 4) is 0 Å². The summed E-state index contributed by atoms with van der Waals surface area (Å²) in [6.45, 7) is 1.31. The van der Waals surface area contributed by atoms with Crippen LogP contribution in [0.25, 0.3) is 0 Å². The Morgan fingerprint density at radius 2 is 2.19 bits per heavy atom. The Hall–Kier alpha value is -1.86. The summed E-state index contributed by atoms with van der Waals surface area (Å²) in [7, 11) is 0. The lowest BCUT2D eigenvalue weighted by Crippen LogP contribution is -2.40. The first-order valence-corrected chi connectivity index (χ1v) is 6.79. The van der Waals surface area contributed by atoms with Gasteiger partial charge in [-0.3, -0.25) is 5.32 Å². The first-order chi connectivity index (χ1) is 10.2. The quantitative estimate of drug-likeness (QED) is 0.937. The van der Waals surface area contributed by atoms with Crippen molar-refractivity contribution in [2.24, 2.45) is 0 Å². The highest BCUT2D eigenvalue weighted by Crippen LogP contribution is 2.23. The zero-order valence-corrected chi connectivity index (χ0v) is 11.3. The summed E-state index contributed by atoms with van der Waals surface area (Å²) in [4.78, 5) is 4.01. The van der Waals surface area contributed by atoms with E-state index >= 15 is 0 Å². The summed E-state index contributed by atoms with van der Waals surface area (Å²) in [5.41, 5.74) is 0.542. The molecule has 0 bridgehead atoms. The van der Waals surface area contributed by atoms with Gasteiger partial charge in [0.15, 0.2) is 17.5 Å². The van der Waals surface area contributed by atoms with E-state index in [2.05, 4.69) is 15.5 Å². The van der Waals surface area contributed by atoms with Crippen molar-refractivity contribution in [3.63, 3.8) is 0 Å². The van der Waals surface area contributed by atoms with Crippen LogP contribution < -0.4 is 5.32 Å². The standard InChI is InChI=1S/C14H15F2N3O2/c15-11-4-3-9(6-12(11)16)13(14-17-8-21-19-14)18-10-2-1-5-20-7-10/h3-4,6,8,10,13,18H,1-2,5,7H2/t10-,13-/m0/s1. The maximum absolute atomic E-state index is 13.5. The number of aromatic nitrogens is 2. The Morgan fingerprint density at radius 1 is 1.29 bits per heavy atom. The molecule has 112 valence electrons. The van der Waals surface area contributed by atoms with Gasteiger partial charge in [0.05, 0.1) is 12.6 Å². The molecule has 2 aromatic rings. The van der Waals surface area contributed by atoms with Gasteiger partial charge in [-0.1, -0.05) is 11.2 Å². The molecule has 0 saturated carbocycles. The molecule has 0 unspecified atom stereocenters. The Balaban J connectivity index is 1.86. The van der Waals surface area contributed by atoms with E-state index in [1.807, 2.05) is 0 Å². The van der Waals surface area contributed by atoms with E-state index in [-0.39, 0.29) is 6.04 Å². The van der Waals surface area contributed by atoms with Crippen molar-refractivity contribution in [1.82, 2.24) is 15.5 Å². The molecule has 1 aromatic heterocycles. The Labute approximate surface area is 120 Å². The van der Waals surface area contributed by atoms with Gasteiger partial charge in [0, 0.05) is 12.6 Å². The van der Waals surface area contributed by atoms with Crippen LogP contribution in [0, 0.1) is 11.6 Å². The van der Waals surface area contributed by atoms with Gasteiger partial charge in [0.2, 0.25) is 6.39 Å². The third kappa shape index (κ3) is 3.25. The Morgan fingerprint density at radius 3 is 2.86 bits per heavy atom. The van der Waals surface area contributed by atoms with E-state index < -0.39 is 17.7 Å². The summed E-state index contributed by atoms with van der Waals surface area (Å²) in [5.74, 6) is -1.40. The normalized spacial score (nSPS) is 20.4. The topological polar surface area (TPSA) is 60.2 Å². The van der Waals surface area contributed by atoms with Crippen LogP contribution >= 0.6 is 0 Å². The van der Waals surface area contributed by atoms with Crippen molar-refractivity contribution in [1.29, 1.82) is 0 Å². The number of nitrogens with zero attached hydrogens (tertiary/aromatic N) is 2. The molecule has 0 amide bonds. The van der Waals surface area contributed by atoms with Gasteiger partial charge in [0.1, 0.15) is 0 Å². The van der Waals surface area contributed by atoms with E-state index in [9.17, 15) is 8.78 Å². The lowest BCUT2D eigenvalue weighted by atomic mass is 10.0. The summed E-state index contributed by atoms with van der Waals surface area (Å²) < 4.78 is 36.7. The molecule has 1 saturated heterocycles. The van der Waals surface area contributed by atoms with Crippen molar-refractivity contribution < 1.29 is 18.0 Å². The fourth-order valence-corrected chi connectivity index (χ4v) is 2.43. The average molecular weight is 295 g/mol. The summed E-state index contributed by atoms with van der Waals surface area (Å²) in [6.07, 6.45) is 3.10. The highest BCUT2D eigenvalue weighted by molar-refractivity contribution is 5.26. The molecule has 21 heavy (non-hydrogen) atoms. The maximum Gasteiger partial charge on any atom is 0.213 e. The smallest absolute Gasteiger partial charge is 0.213 e. The number of nitrogens with one attached hydrogen (secondary N) is 1. The van der Waals surface area contributed by atoms with E-state index in [4.69, 9.17) is 9.26 Å². The minimum absolute atomic E-state index is 0.107. The molecule has 1 aromatic carbocycles. The van der Waals surface area contributed by atoms with Crippen LogP contribution in [0.1, 0.15) is 30.3 Å². The average Bonchev–Trinajstić information content (AvgIpc) is 3.03. The minimum atomic E-state index is -0.900. The van der Waals surface area contributed by atoms with Crippen LogP contribution in [0.4, 0.5) is 8.78 Å². The fraction of sp³-hybridized carbons (Fsp3) is 0.429. The molecule has 1 N–H and O–H groups in total. The fourth-order valence-electron chi connectivity index (χ4n) is 2.43. The van der Waals surface area contributed by atoms with E-state index in [1.54, 1.807) is 0 Å². The lowest BCUT2D eigenvalue weighted by molar-refractivity contribution is 0.0675. The Bertz CT molecular complexity index is 586. The van der Waals surface area contributed by atoms with Crippen molar-refractivity contribution in [2.75, 3.05) is 13.2 Å². The SMILES string of the molecule is Fc1ccc([C@H](N[C@H]2CCCOC2)c2ncon2)cc1F. The van der Waals surface area contributed by atoms with Gasteiger partial charge in [-0.25, -0.2) is 8.78 Å². The lowest BCUT2D eigenvalue weighted by Gasteiger charge is -2.27. The number of ether oxygens (including phenoxy) is 1. The molecule has 0 aliphatic carbocycles. The van der Waals surface area contributed by atoms with E-state index in [0.29, 0.717) is 18.0 Å². The van der Waals surface area contributed by atoms with Gasteiger partial charge in [-0.05, 0) is 30.5 Å². The van der Waals surface area contributed by atoms with Crippen LogP contribution in [-0.4, -0.2) is 29.4 Å². The monoisotopic (exact) mass is 295 g/mol. The molecular weight excluding hydrogens is 280 g/mol. The Kier molecular flexibility index (Phi) is 4.21. The van der Waals surface area contributed by atoms with Crippen molar-refractivity contribution in [2.45, 2.75) is 24.9 Å². The van der Waals surface area contributed by atoms with E-state index in [1.165, 1.54) is 12.5 Å². The van der Waals surface area contributed by atoms with Crippen LogP contribution in [0.15, 0.2) is 29.1 Å². The molecule has 0 spiro atoms. The minimum Gasteiger partial charge on any atom is -0.380 e. The molecule has 1 aliphatic rings. The molecule has 1 aliphatic heterocycles. The van der Waals surface area contributed by atoms with Crippen LogP contribution in [0.2, 0.25) is 0 Å². The highest BCUT2D eigenvalue weighted by Gasteiger charge is 2.24. The summed E-state index contributed by atoms with van der Waals surface area (Å²) in [5, 5.41) is 7.13. The van der Waals surface area contributed by atoms with Gasteiger partial charge in [0.25, 0.3) is 0 Å². The van der Waals surface area contributed by atoms with Gasteiger partial charge in [-0.2, -0.15) is 4.98 Å². The van der Waals surface area contributed by atoms with Crippen LogP contribution in [0.3, 0.4) is 0 Å². The first kappa shape index (κ1) is 14.1. The van der Waals surface area contributed by atoms with Crippen molar-refractivity contribution in [3.05, 3.63) is 47.6 Å². The molecule has 5 nitrogen and oxygen atoms in total. The van der Waals surface area contributed by atoms with E-state index in [0.717, 1.165) is 31.6 Å². The first-order valence-electron chi connectivity index (χ1n) is 6.79. The molecule has 0 radical (unpaired) electrons. The van der Waals surface area contributed by atoms with Crippen molar-refractivity contribution >= 4 is 0 Å². The zero-order valence-electron chi connectivity index (χ0n) is 11.3. The summed E-state index contributed by atoms with van der Waals surface area (Å²) in [6, 6.07) is 3.39. The third-order valence-electron chi connectivity index (χ3n) is 3.48. The predicted octanol–water partition coefficient (Wildman–Crippen LogP) is 2.21. The second-order valence-corrected chi connectivity index (χ2v) is 4.98. The molecule has 2 heterocycles. The van der Waals surface area contributed by atoms with Gasteiger partial charge >= 0.3 is 0 Å². The second kappa shape index (κ2) is 6.28. The number of hydrogen-bond donors (Lipinski definition) is 1. The number of rotatable bonds is 4. The van der Waals surface area contributed by atoms with Gasteiger partial charge < -0.3 is 9.26 Å². The largest absolute Gasteiger partial charge is 0.380 e. The predicted molar refractivity (Wildman–Crippen MR) is 69.5 cm³/mol. The number of hydrogen-bond acceptors (Lipinski definition) is 5. The number of halogens is 2. The van der Waals surface area contributed by atoms with Crippen LogP contribution in [-0.2, 0) is 4.74 Å². The van der Waals surface area contributed by atoms with Gasteiger partial charge in [-0.15, -0.1) is 0 Å². The maximum atomic E-state index is 13.5. The highest BCUT2D eigenvalue weighted by atomic mass is 19.2.